The van der Waals surface area contributed by atoms with Gasteiger partial charge in [-0.05, 0) is 97.0 Å². The molecular formula is C33H34N4O4. The molecule has 0 radical (unpaired) electrons. The molecule has 0 spiro atoms. The summed E-state index contributed by atoms with van der Waals surface area (Å²) in [5.74, 6) is 0.180. The molecule has 210 valence electrons. The molecule has 0 aliphatic carbocycles. The van der Waals surface area contributed by atoms with Gasteiger partial charge in [0.2, 0.25) is 5.95 Å². The lowest BCUT2D eigenvalue weighted by molar-refractivity contribution is -0.136. The zero-order valence-corrected chi connectivity index (χ0v) is 23.9. The van der Waals surface area contributed by atoms with E-state index in [1.54, 1.807) is 33.2 Å². The van der Waals surface area contributed by atoms with E-state index < -0.39 is 11.6 Å². The fraction of sp³-hybridized carbons (Fsp3) is 0.273. The summed E-state index contributed by atoms with van der Waals surface area (Å²) in [7, 11) is 0. The lowest BCUT2D eigenvalue weighted by Crippen LogP contribution is -2.10. The number of hydrogen-bond acceptors (Lipinski definition) is 7. The van der Waals surface area contributed by atoms with Gasteiger partial charge in [0, 0.05) is 41.5 Å². The SMILES string of the molecule is CC(C)(C)O.Cc1cc2c(C)c(-c3cnc(N)nc3)ccc2c(-c2ccc3c4c(ccnc24)CCO3)c1CC(=O)O. The van der Waals surface area contributed by atoms with Crippen LogP contribution in [0.4, 0.5) is 5.95 Å². The van der Waals surface area contributed by atoms with Crippen molar-refractivity contribution in [1.29, 1.82) is 0 Å². The third-order valence-corrected chi connectivity index (χ3v) is 7.07. The van der Waals surface area contributed by atoms with E-state index in [0.29, 0.717) is 6.61 Å². The van der Waals surface area contributed by atoms with Crippen LogP contribution in [-0.2, 0) is 17.6 Å². The molecule has 4 N–H and O–H groups in total. The number of carboxylic acid groups (broad SMARTS) is 1. The molecule has 41 heavy (non-hydrogen) atoms. The number of anilines is 1. The highest BCUT2D eigenvalue weighted by molar-refractivity contribution is 6.10. The average Bonchev–Trinajstić information content (AvgIpc) is 2.90. The zero-order chi connectivity index (χ0) is 29.5. The van der Waals surface area contributed by atoms with Crippen LogP contribution in [0.5, 0.6) is 5.75 Å². The standard InChI is InChI=1S/C29H24N4O3.C4H10O/c1-15-11-23-16(2)19(18-13-32-29(30)33-14-18)3-4-20(23)27(22(15)12-25(34)35)21-5-6-24-26-17(8-10-36-24)7-9-31-28(21)26;1-4(2,3)5/h3-7,9,11,13-14H,8,10,12H2,1-2H3,(H,34,35)(H2,30,32,33);5H,1-3H3. The molecule has 3 aromatic carbocycles. The van der Waals surface area contributed by atoms with Crippen LogP contribution < -0.4 is 10.5 Å². The third-order valence-electron chi connectivity index (χ3n) is 7.07. The maximum Gasteiger partial charge on any atom is 0.307 e. The summed E-state index contributed by atoms with van der Waals surface area (Å²) in [5.41, 5.74) is 13.7. The Morgan fingerprint density at radius 1 is 1.00 bits per heavy atom. The van der Waals surface area contributed by atoms with Crippen molar-refractivity contribution in [3.05, 3.63) is 77.2 Å². The smallest absolute Gasteiger partial charge is 0.307 e. The molecule has 0 saturated heterocycles. The number of aryl methyl sites for hydroxylation is 2. The summed E-state index contributed by atoms with van der Waals surface area (Å²) in [5, 5.41) is 21.3. The largest absolute Gasteiger partial charge is 0.493 e. The van der Waals surface area contributed by atoms with E-state index in [-0.39, 0.29) is 12.4 Å². The molecule has 0 atom stereocenters. The van der Waals surface area contributed by atoms with Gasteiger partial charge in [0.05, 0.1) is 24.1 Å². The highest BCUT2D eigenvalue weighted by Gasteiger charge is 2.23. The molecule has 8 heteroatoms. The molecule has 0 unspecified atom stereocenters. The summed E-state index contributed by atoms with van der Waals surface area (Å²) in [6.07, 6.45) is 6.01. The third kappa shape index (κ3) is 5.69. The minimum Gasteiger partial charge on any atom is -0.493 e. The fourth-order valence-corrected chi connectivity index (χ4v) is 5.38. The van der Waals surface area contributed by atoms with E-state index in [0.717, 1.165) is 72.8 Å². The number of nitrogen functional groups attached to an aromatic ring is 1. The van der Waals surface area contributed by atoms with Crippen LogP contribution in [0.2, 0.25) is 0 Å². The van der Waals surface area contributed by atoms with Crippen molar-refractivity contribution in [2.24, 2.45) is 0 Å². The first-order valence-corrected chi connectivity index (χ1v) is 13.5. The van der Waals surface area contributed by atoms with Gasteiger partial charge in [0.15, 0.2) is 0 Å². The van der Waals surface area contributed by atoms with Crippen molar-refractivity contribution >= 4 is 33.6 Å². The number of nitrogens with zero attached hydrogens (tertiary/aromatic N) is 3. The zero-order valence-electron chi connectivity index (χ0n) is 23.9. The van der Waals surface area contributed by atoms with Crippen molar-refractivity contribution in [2.75, 3.05) is 12.3 Å². The van der Waals surface area contributed by atoms with E-state index in [9.17, 15) is 9.90 Å². The van der Waals surface area contributed by atoms with Gasteiger partial charge in [-0.1, -0.05) is 18.2 Å². The summed E-state index contributed by atoms with van der Waals surface area (Å²) in [4.78, 5) is 25.0. The normalized spacial score (nSPS) is 12.5. The topological polar surface area (TPSA) is 131 Å². The van der Waals surface area contributed by atoms with Gasteiger partial charge >= 0.3 is 5.97 Å². The maximum atomic E-state index is 11.9. The highest BCUT2D eigenvalue weighted by atomic mass is 16.5. The van der Waals surface area contributed by atoms with E-state index in [1.807, 2.05) is 37.4 Å². The minimum absolute atomic E-state index is 0.0802. The number of nitrogens with two attached hydrogens (primary N) is 1. The van der Waals surface area contributed by atoms with Crippen LogP contribution in [0, 0.1) is 13.8 Å². The number of carbonyl (C=O) groups is 1. The average molecular weight is 551 g/mol. The highest BCUT2D eigenvalue weighted by Crippen LogP contribution is 2.43. The lowest BCUT2D eigenvalue weighted by atomic mass is 9.84. The molecule has 1 aliphatic heterocycles. The summed E-state index contributed by atoms with van der Waals surface area (Å²) in [6.45, 7) is 9.91. The predicted octanol–water partition coefficient (Wildman–Crippen LogP) is 6.05. The summed E-state index contributed by atoms with van der Waals surface area (Å²) < 4.78 is 5.93. The van der Waals surface area contributed by atoms with Crippen molar-refractivity contribution in [3.63, 3.8) is 0 Å². The molecule has 1 aliphatic rings. The van der Waals surface area contributed by atoms with Gasteiger partial charge in [0.1, 0.15) is 5.75 Å². The Balaban J connectivity index is 0.000000623. The van der Waals surface area contributed by atoms with Gasteiger partial charge in [-0.3, -0.25) is 9.78 Å². The van der Waals surface area contributed by atoms with Crippen LogP contribution in [0.25, 0.3) is 43.9 Å². The fourth-order valence-electron chi connectivity index (χ4n) is 5.38. The number of carboxylic acids is 1. The molecule has 0 bridgehead atoms. The second kappa shape index (κ2) is 10.8. The molecule has 0 fully saturated rings. The van der Waals surface area contributed by atoms with Crippen LogP contribution in [0.3, 0.4) is 0 Å². The second-order valence-electron chi connectivity index (χ2n) is 11.4. The van der Waals surface area contributed by atoms with Gasteiger partial charge < -0.3 is 20.7 Å². The predicted molar refractivity (Wildman–Crippen MR) is 162 cm³/mol. The quantitative estimate of drug-likeness (QED) is 0.246. The molecule has 6 rings (SSSR count). The van der Waals surface area contributed by atoms with E-state index >= 15 is 0 Å². The molecule has 5 aromatic rings. The Morgan fingerprint density at radius 3 is 2.37 bits per heavy atom. The first kappa shape index (κ1) is 28.0. The Morgan fingerprint density at radius 2 is 1.68 bits per heavy atom. The Hall–Kier alpha value is -4.56. The molecule has 8 nitrogen and oxygen atoms in total. The van der Waals surface area contributed by atoms with Crippen molar-refractivity contribution < 1.29 is 19.7 Å². The van der Waals surface area contributed by atoms with E-state index in [4.69, 9.17) is 20.6 Å². The number of hydrogen-bond donors (Lipinski definition) is 3. The lowest BCUT2D eigenvalue weighted by Gasteiger charge is -2.22. The molecular weight excluding hydrogens is 516 g/mol. The van der Waals surface area contributed by atoms with Crippen LogP contribution in [0.15, 0.2) is 55.0 Å². The molecule has 3 heterocycles. The number of fused-ring (bicyclic) bond motifs is 1. The maximum absolute atomic E-state index is 11.9. The first-order valence-electron chi connectivity index (χ1n) is 13.5. The molecule has 0 amide bonds. The number of aliphatic carboxylic acids is 1. The number of benzene rings is 3. The molecule has 2 aromatic heterocycles. The van der Waals surface area contributed by atoms with Crippen LogP contribution in [0.1, 0.15) is 43.0 Å². The first-order chi connectivity index (χ1) is 19.4. The summed E-state index contributed by atoms with van der Waals surface area (Å²) >= 11 is 0. The van der Waals surface area contributed by atoms with Gasteiger partial charge in [-0.15, -0.1) is 0 Å². The van der Waals surface area contributed by atoms with E-state index in [1.165, 1.54) is 5.56 Å². The molecule has 0 saturated carbocycles. The van der Waals surface area contributed by atoms with Gasteiger partial charge in [-0.25, -0.2) is 9.97 Å². The van der Waals surface area contributed by atoms with Crippen LogP contribution >= 0.6 is 0 Å². The van der Waals surface area contributed by atoms with Crippen LogP contribution in [-0.4, -0.2) is 43.3 Å². The Bertz CT molecular complexity index is 1770. The number of aliphatic hydroxyl groups is 1. The summed E-state index contributed by atoms with van der Waals surface area (Å²) in [6, 6.07) is 12.2. The number of rotatable bonds is 4. The Labute approximate surface area is 238 Å². The van der Waals surface area contributed by atoms with Crippen molar-refractivity contribution in [3.8, 4) is 28.0 Å². The van der Waals surface area contributed by atoms with Crippen molar-refractivity contribution in [1.82, 2.24) is 15.0 Å². The number of aromatic nitrogens is 3. The van der Waals surface area contributed by atoms with E-state index in [2.05, 4.69) is 29.0 Å². The minimum atomic E-state index is -0.870. The monoisotopic (exact) mass is 550 g/mol. The second-order valence-corrected chi connectivity index (χ2v) is 11.4. The van der Waals surface area contributed by atoms with Crippen molar-refractivity contribution in [2.45, 2.75) is 53.1 Å². The number of ether oxygens (including phenoxy) is 1. The van der Waals surface area contributed by atoms with Gasteiger partial charge in [-0.2, -0.15) is 0 Å². The Kier molecular flexibility index (Phi) is 7.36. The van der Waals surface area contributed by atoms with Gasteiger partial charge in [0.25, 0.3) is 0 Å². The number of pyridine rings is 1.